The fourth-order valence-corrected chi connectivity index (χ4v) is 1.93. The molecule has 1 heterocycles. The SMILES string of the molecule is CNc1ccc(C(=O)N(C)c2ccccn2)cc1C. The zero-order valence-corrected chi connectivity index (χ0v) is 11.3. The molecule has 1 aromatic heterocycles. The number of carbonyl (C=O) groups excluding carboxylic acids is 1. The molecule has 2 aromatic rings. The molecule has 0 bridgehead atoms. The number of amides is 1. The van der Waals surface area contributed by atoms with Crippen LogP contribution in [-0.2, 0) is 0 Å². The molecule has 0 unspecified atom stereocenters. The van der Waals surface area contributed by atoms with Gasteiger partial charge in [-0.1, -0.05) is 6.07 Å². The average Bonchev–Trinajstić information content (AvgIpc) is 2.46. The smallest absolute Gasteiger partial charge is 0.259 e. The van der Waals surface area contributed by atoms with E-state index in [1.54, 1.807) is 18.1 Å². The molecule has 0 aliphatic carbocycles. The maximum atomic E-state index is 12.4. The normalized spacial score (nSPS) is 10.1. The Labute approximate surface area is 113 Å². The van der Waals surface area contributed by atoms with Gasteiger partial charge in [-0.15, -0.1) is 0 Å². The molecule has 19 heavy (non-hydrogen) atoms. The topological polar surface area (TPSA) is 45.2 Å². The van der Waals surface area contributed by atoms with Gasteiger partial charge in [0.1, 0.15) is 5.82 Å². The van der Waals surface area contributed by atoms with Gasteiger partial charge in [-0.3, -0.25) is 9.69 Å². The van der Waals surface area contributed by atoms with E-state index in [-0.39, 0.29) is 5.91 Å². The van der Waals surface area contributed by atoms with Gasteiger partial charge in [0.2, 0.25) is 0 Å². The summed E-state index contributed by atoms with van der Waals surface area (Å²) in [5, 5.41) is 3.09. The summed E-state index contributed by atoms with van der Waals surface area (Å²) in [5.74, 6) is 0.576. The number of hydrogen-bond donors (Lipinski definition) is 1. The summed E-state index contributed by atoms with van der Waals surface area (Å²) < 4.78 is 0. The van der Waals surface area contributed by atoms with Crippen molar-refractivity contribution in [2.45, 2.75) is 6.92 Å². The summed E-state index contributed by atoms with van der Waals surface area (Å²) in [6.07, 6.45) is 1.68. The van der Waals surface area contributed by atoms with E-state index in [2.05, 4.69) is 10.3 Å². The number of anilines is 2. The minimum atomic E-state index is -0.0653. The highest BCUT2D eigenvalue weighted by atomic mass is 16.2. The number of carbonyl (C=O) groups is 1. The van der Waals surface area contributed by atoms with Crippen LogP contribution in [0.15, 0.2) is 42.6 Å². The Bertz CT molecular complexity index is 581. The Hall–Kier alpha value is -2.36. The van der Waals surface area contributed by atoms with Crippen LogP contribution in [0.3, 0.4) is 0 Å². The molecule has 1 N–H and O–H groups in total. The molecule has 0 saturated carbocycles. The van der Waals surface area contributed by atoms with Gasteiger partial charge < -0.3 is 5.32 Å². The largest absolute Gasteiger partial charge is 0.388 e. The first-order valence-corrected chi connectivity index (χ1v) is 6.11. The molecule has 0 aliphatic rings. The minimum Gasteiger partial charge on any atom is -0.388 e. The van der Waals surface area contributed by atoms with E-state index < -0.39 is 0 Å². The van der Waals surface area contributed by atoms with Crippen molar-refractivity contribution in [2.75, 3.05) is 24.3 Å². The van der Waals surface area contributed by atoms with Crippen LogP contribution in [0.5, 0.6) is 0 Å². The van der Waals surface area contributed by atoms with Crippen LogP contribution in [-0.4, -0.2) is 25.0 Å². The summed E-state index contributed by atoms with van der Waals surface area (Å²) in [7, 11) is 3.59. The van der Waals surface area contributed by atoms with Gasteiger partial charge in [-0.2, -0.15) is 0 Å². The molecule has 4 nitrogen and oxygen atoms in total. The number of nitrogens with one attached hydrogen (secondary N) is 1. The van der Waals surface area contributed by atoms with Crippen molar-refractivity contribution in [3.63, 3.8) is 0 Å². The lowest BCUT2D eigenvalue weighted by Crippen LogP contribution is -2.27. The highest BCUT2D eigenvalue weighted by Gasteiger charge is 2.14. The highest BCUT2D eigenvalue weighted by molar-refractivity contribution is 6.05. The molecule has 0 spiro atoms. The molecule has 2 rings (SSSR count). The quantitative estimate of drug-likeness (QED) is 0.917. The summed E-state index contributed by atoms with van der Waals surface area (Å²) in [6, 6.07) is 11.1. The molecular formula is C15H17N3O. The monoisotopic (exact) mass is 255 g/mol. The predicted molar refractivity (Wildman–Crippen MR) is 77.7 cm³/mol. The van der Waals surface area contributed by atoms with Crippen molar-refractivity contribution >= 4 is 17.4 Å². The third-order valence-electron chi connectivity index (χ3n) is 3.04. The second-order valence-corrected chi connectivity index (χ2v) is 4.33. The molecule has 0 aliphatic heterocycles. The van der Waals surface area contributed by atoms with Crippen molar-refractivity contribution in [2.24, 2.45) is 0 Å². The van der Waals surface area contributed by atoms with Gasteiger partial charge in [-0.25, -0.2) is 4.98 Å². The zero-order valence-electron chi connectivity index (χ0n) is 11.3. The number of rotatable bonds is 3. The number of hydrogen-bond acceptors (Lipinski definition) is 3. The van der Waals surface area contributed by atoms with Gasteiger partial charge in [0.15, 0.2) is 0 Å². The van der Waals surface area contributed by atoms with Crippen LogP contribution < -0.4 is 10.2 Å². The Kier molecular flexibility index (Phi) is 3.80. The van der Waals surface area contributed by atoms with Crippen molar-refractivity contribution in [1.82, 2.24) is 4.98 Å². The summed E-state index contributed by atoms with van der Waals surface area (Å²) >= 11 is 0. The summed E-state index contributed by atoms with van der Waals surface area (Å²) in [5.41, 5.74) is 2.73. The standard InChI is InChI=1S/C15H17N3O/c1-11-10-12(7-8-13(11)16-2)15(19)18(3)14-6-4-5-9-17-14/h4-10,16H,1-3H3. The van der Waals surface area contributed by atoms with Crippen LogP contribution >= 0.6 is 0 Å². The molecule has 1 amide bonds. The maximum absolute atomic E-state index is 12.4. The number of nitrogens with zero attached hydrogens (tertiary/aromatic N) is 2. The maximum Gasteiger partial charge on any atom is 0.259 e. The summed E-state index contributed by atoms with van der Waals surface area (Å²) in [4.78, 5) is 18.1. The number of benzene rings is 1. The molecule has 0 fully saturated rings. The van der Waals surface area contributed by atoms with E-state index in [0.717, 1.165) is 11.3 Å². The molecule has 4 heteroatoms. The zero-order chi connectivity index (χ0) is 13.8. The van der Waals surface area contributed by atoms with E-state index in [1.165, 1.54) is 0 Å². The van der Waals surface area contributed by atoms with Crippen molar-refractivity contribution < 1.29 is 4.79 Å². The Morgan fingerprint density at radius 3 is 2.63 bits per heavy atom. The molecule has 1 aromatic carbocycles. The second kappa shape index (κ2) is 5.52. The Morgan fingerprint density at radius 1 is 1.26 bits per heavy atom. The van der Waals surface area contributed by atoms with Crippen LogP contribution in [0.2, 0.25) is 0 Å². The lowest BCUT2D eigenvalue weighted by Gasteiger charge is -2.17. The van der Waals surface area contributed by atoms with Crippen LogP contribution in [0.25, 0.3) is 0 Å². The lowest BCUT2D eigenvalue weighted by atomic mass is 10.1. The van der Waals surface area contributed by atoms with Gasteiger partial charge >= 0.3 is 0 Å². The highest BCUT2D eigenvalue weighted by Crippen LogP contribution is 2.18. The molecular weight excluding hydrogens is 238 g/mol. The first-order valence-electron chi connectivity index (χ1n) is 6.11. The first kappa shape index (κ1) is 13.1. The minimum absolute atomic E-state index is 0.0653. The Balaban J connectivity index is 2.27. The van der Waals surface area contributed by atoms with Gasteiger partial charge in [0.05, 0.1) is 0 Å². The van der Waals surface area contributed by atoms with Crippen LogP contribution in [0.4, 0.5) is 11.5 Å². The molecule has 0 atom stereocenters. The fraction of sp³-hybridized carbons (Fsp3) is 0.200. The predicted octanol–water partition coefficient (Wildman–Crippen LogP) is 2.71. The van der Waals surface area contributed by atoms with E-state index in [9.17, 15) is 4.79 Å². The van der Waals surface area contributed by atoms with Gasteiger partial charge in [-0.05, 0) is 42.8 Å². The second-order valence-electron chi connectivity index (χ2n) is 4.33. The van der Waals surface area contributed by atoms with E-state index in [4.69, 9.17) is 0 Å². The van der Waals surface area contributed by atoms with Crippen LogP contribution in [0.1, 0.15) is 15.9 Å². The van der Waals surface area contributed by atoms with E-state index in [0.29, 0.717) is 11.4 Å². The number of pyridine rings is 1. The Morgan fingerprint density at radius 2 is 2.05 bits per heavy atom. The third-order valence-corrected chi connectivity index (χ3v) is 3.04. The lowest BCUT2D eigenvalue weighted by molar-refractivity contribution is 0.0992. The van der Waals surface area contributed by atoms with Crippen LogP contribution in [0, 0.1) is 6.92 Å². The van der Waals surface area contributed by atoms with Crippen molar-refractivity contribution in [3.05, 3.63) is 53.7 Å². The van der Waals surface area contributed by atoms with E-state index >= 15 is 0 Å². The van der Waals surface area contributed by atoms with Gasteiger partial charge in [0.25, 0.3) is 5.91 Å². The fourth-order valence-electron chi connectivity index (χ4n) is 1.93. The summed E-state index contributed by atoms with van der Waals surface area (Å²) in [6.45, 7) is 1.98. The van der Waals surface area contributed by atoms with Gasteiger partial charge in [0, 0.05) is 31.5 Å². The number of aryl methyl sites for hydroxylation is 1. The number of aromatic nitrogens is 1. The van der Waals surface area contributed by atoms with Crippen molar-refractivity contribution in [3.8, 4) is 0 Å². The van der Waals surface area contributed by atoms with E-state index in [1.807, 2.05) is 50.4 Å². The average molecular weight is 255 g/mol. The molecule has 0 saturated heterocycles. The molecule has 0 radical (unpaired) electrons. The first-order chi connectivity index (χ1) is 9.13. The third kappa shape index (κ3) is 2.73. The van der Waals surface area contributed by atoms with Crippen molar-refractivity contribution in [1.29, 1.82) is 0 Å². The molecule has 98 valence electrons.